The van der Waals surface area contributed by atoms with Gasteiger partial charge >= 0.3 is 0 Å². The molecule has 0 saturated carbocycles. The number of carbonyl (C=O) groups excluding carboxylic acids is 1. The highest BCUT2D eigenvalue weighted by atomic mass is 35.5. The second-order valence-electron chi connectivity index (χ2n) is 9.84. The summed E-state index contributed by atoms with van der Waals surface area (Å²) in [6.07, 6.45) is 0.0466. The number of amides is 1. The molecule has 6 nitrogen and oxygen atoms in total. The average Bonchev–Trinajstić information content (AvgIpc) is 3.47. The van der Waals surface area contributed by atoms with Crippen LogP contribution in [0.5, 0.6) is 0 Å². The molecule has 0 radical (unpaired) electrons. The van der Waals surface area contributed by atoms with Crippen LogP contribution in [-0.4, -0.2) is 89.8 Å². The predicted molar refractivity (Wildman–Crippen MR) is 155 cm³/mol. The number of aliphatic hydroxyl groups excluding tert-OH is 2. The normalized spacial score (nSPS) is 17.2. The third-order valence-electron chi connectivity index (χ3n) is 7.31. The molecule has 1 aliphatic heterocycles. The van der Waals surface area contributed by atoms with Crippen molar-refractivity contribution in [2.75, 3.05) is 52.9 Å². The molecule has 2 heterocycles. The van der Waals surface area contributed by atoms with E-state index in [2.05, 4.69) is 9.80 Å². The van der Waals surface area contributed by atoms with Crippen LogP contribution in [-0.2, 0) is 0 Å². The Morgan fingerprint density at radius 2 is 1.76 bits per heavy atom. The monoisotopic (exact) mass is 575 g/mol. The third kappa shape index (κ3) is 7.36. The quantitative estimate of drug-likeness (QED) is 0.336. The van der Waals surface area contributed by atoms with Gasteiger partial charge in [0.25, 0.3) is 5.91 Å². The maximum Gasteiger partial charge on any atom is 0.253 e. The molecule has 0 aliphatic carbocycles. The minimum Gasteiger partial charge on any atom is -0.394 e. The van der Waals surface area contributed by atoms with E-state index in [0.29, 0.717) is 22.2 Å². The fourth-order valence-electron chi connectivity index (χ4n) is 5.17. The Bertz CT molecular complexity index is 1160. The minimum absolute atomic E-state index is 0.00816. The number of carbonyl (C=O) groups is 1. The van der Waals surface area contributed by atoms with Crippen molar-refractivity contribution in [3.8, 4) is 0 Å². The largest absolute Gasteiger partial charge is 0.394 e. The van der Waals surface area contributed by atoms with E-state index in [-0.39, 0.29) is 24.5 Å². The van der Waals surface area contributed by atoms with Crippen molar-refractivity contribution in [3.05, 3.63) is 92.1 Å². The Hall–Kier alpha value is -1.97. The highest BCUT2D eigenvalue weighted by molar-refractivity contribution is 7.08. The maximum atomic E-state index is 13.0. The van der Waals surface area contributed by atoms with Crippen LogP contribution in [0.2, 0.25) is 10.0 Å². The molecule has 1 aliphatic rings. The number of likely N-dealkylation sites (N-methyl/N-ethyl adjacent to an activating group) is 1. The Morgan fingerprint density at radius 1 is 1.03 bits per heavy atom. The van der Waals surface area contributed by atoms with Gasteiger partial charge in [-0.15, -0.1) is 0 Å². The number of rotatable bonds is 11. The lowest BCUT2D eigenvalue weighted by Gasteiger charge is -2.41. The van der Waals surface area contributed by atoms with Gasteiger partial charge in [-0.2, -0.15) is 11.3 Å². The minimum atomic E-state index is -0.812. The lowest BCUT2D eigenvalue weighted by molar-refractivity contribution is -0.00967. The van der Waals surface area contributed by atoms with E-state index in [0.717, 1.165) is 50.3 Å². The maximum absolute atomic E-state index is 13.0. The molecule has 3 unspecified atom stereocenters. The Labute approximate surface area is 239 Å². The molecule has 9 heteroatoms. The summed E-state index contributed by atoms with van der Waals surface area (Å²) < 4.78 is 0. The Balaban J connectivity index is 1.40. The second-order valence-corrected chi connectivity index (χ2v) is 11.4. The van der Waals surface area contributed by atoms with Crippen LogP contribution in [0.15, 0.2) is 65.4 Å². The number of halogens is 2. The molecule has 0 spiro atoms. The summed E-state index contributed by atoms with van der Waals surface area (Å²) in [6, 6.07) is 16.9. The fraction of sp³-hybridized carbons (Fsp3) is 0.414. The van der Waals surface area contributed by atoms with Gasteiger partial charge in [0.1, 0.15) is 0 Å². The average molecular weight is 577 g/mol. The lowest BCUT2D eigenvalue weighted by atomic mass is 9.94. The predicted octanol–water partition coefficient (Wildman–Crippen LogP) is 5.01. The summed E-state index contributed by atoms with van der Waals surface area (Å²) in [7, 11) is 1.84. The third-order valence-corrected chi connectivity index (χ3v) is 8.75. The molecular formula is C29H35Cl2N3O3S. The first-order valence-corrected chi connectivity index (χ1v) is 14.6. The highest BCUT2D eigenvalue weighted by Crippen LogP contribution is 2.30. The number of nitrogens with zero attached hydrogens (tertiary/aromatic N) is 3. The number of aliphatic hydroxyl groups is 2. The molecule has 3 atom stereocenters. The molecule has 0 bridgehead atoms. The zero-order valence-corrected chi connectivity index (χ0v) is 23.9. The van der Waals surface area contributed by atoms with Gasteiger partial charge in [-0.3, -0.25) is 9.69 Å². The number of hydrogen-bond donors (Lipinski definition) is 2. The lowest BCUT2D eigenvalue weighted by Crippen LogP contribution is -2.50. The molecule has 1 saturated heterocycles. The molecule has 4 rings (SSSR count). The number of hydrogen-bond acceptors (Lipinski definition) is 6. The number of piperazine rings is 1. The zero-order chi connectivity index (χ0) is 27.1. The summed E-state index contributed by atoms with van der Waals surface area (Å²) in [5.41, 5.74) is 2.79. The first-order valence-electron chi connectivity index (χ1n) is 12.9. The van der Waals surface area contributed by atoms with Crippen LogP contribution < -0.4 is 0 Å². The van der Waals surface area contributed by atoms with E-state index in [4.69, 9.17) is 23.2 Å². The smallest absolute Gasteiger partial charge is 0.253 e. The van der Waals surface area contributed by atoms with Crippen molar-refractivity contribution < 1.29 is 15.0 Å². The van der Waals surface area contributed by atoms with Gasteiger partial charge in [-0.1, -0.05) is 47.5 Å². The summed E-state index contributed by atoms with van der Waals surface area (Å²) >= 11 is 14.1. The van der Waals surface area contributed by atoms with Gasteiger partial charge in [0, 0.05) is 51.3 Å². The number of thiophene rings is 1. The molecule has 38 heavy (non-hydrogen) atoms. The van der Waals surface area contributed by atoms with Gasteiger partial charge < -0.3 is 20.0 Å². The first kappa shape index (κ1) is 29.0. The second kappa shape index (κ2) is 13.9. The fourth-order valence-corrected chi connectivity index (χ4v) is 6.16. The van der Waals surface area contributed by atoms with Crippen LogP contribution >= 0.6 is 34.5 Å². The van der Waals surface area contributed by atoms with Crippen molar-refractivity contribution in [2.45, 2.75) is 24.5 Å². The zero-order valence-electron chi connectivity index (χ0n) is 21.5. The van der Waals surface area contributed by atoms with Gasteiger partial charge in [0.2, 0.25) is 0 Å². The van der Waals surface area contributed by atoms with E-state index in [9.17, 15) is 15.0 Å². The molecule has 1 amide bonds. The summed E-state index contributed by atoms with van der Waals surface area (Å²) in [5.74, 6) is 0.0846. The van der Waals surface area contributed by atoms with Crippen LogP contribution in [0.25, 0.3) is 0 Å². The standard InChI is InChI=1S/C29H35Cl2N3O3S/c1-32(29(37)21-5-3-2-4-6-21)18-23(22-7-8-25(30)26(31)17-22)9-11-33-12-14-34(15-13-33)28(27(36)19-35)24-10-16-38-20-24/h2-8,10,16-17,20,23,27-28,35-36H,9,11-15,18-19H2,1H3. The van der Waals surface area contributed by atoms with Crippen molar-refractivity contribution >= 4 is 40.4 Å². The molecule has 3 aromatic rings. The Kier molecular flexibility index (Phi) is 10.6. The molecule has 1 aromatic heterocycles. The van der Waals surface area contributed by atoms with Gasteiger partial charge in [-0.25, -0.2) is 0 Å². The van der Waals surface area contributed by atoms with E-state index in [1.165, 1.54) is 0 Å². The molecular weight excluding hydrogens is 541 g/mol. The summed E-state index contributed by atoms with van der Waals surface area (Å²) in [5, 5.41) is 25.2. The van der Waals surface area contributed by atoms with E-state index in [1.54, 1.807) is 16.2 Å². The van der Waals surface area contributed by atoms with Crippen molar-refractivity contribution in [1.82, 2.24) is 14.7 Å². The summed E-state index contributed by atoms with van der Waals surface area (Å²) in [6.45, 7) is 4.52. The summed E-state index contributed by atoms with van der Waals surface area (Å²) in [4.78, 5) is 19.5. The SMILES string of the molecule is CN(CC(CCN1CCN(C(c2ccsc2)C(O)CO)CC1)c1ccc(Cl)c(Cl)c1)C(=O)c1ccccc1. The first-order chi connectivity index (χ1) is 18.4. The van der Waals surface area contributed by atoms with Crippen molar-refractivity contribution in [2.24, 2.45) is 0 Å². The van der Waals surface area contributed by atoms with E-state index in [1.807, 2.05) is 72.4 Å². The molecule has 204 valence electrons. The molecule has 2 aromatic carbocycles. The van der Waals surface area contributed by atoms with Crippen LogP contribution in [0, 0.1) is 0 Å². The van der Waals surface area contributed by atoms with Gasteiger partial charge in [0.05, 0.1) is 28.8 Å². The van der Waals surface area contributed by atoms with Crippen molar-refractivity contribution in [3.63, 3.8) is 0 Å². The topological polar surface area (TPSA) is 67.2 Å². The molecule has 1 fully saturated rings. The number of benzene rings is 2. The van der Waals surface area contributed by atoms with Crippen LogP contribution in [0.1, 0.15) is 39.9 Å². The Morgan fingerprint density at radius 3 is 2.39 bits per heavy atom. The molecule has 2 N–H and O–H groups in total. The van der Waals surface area contributed by atoms with E-state index < -0.39 is 6.10 Å². The van der Waals surface area contributed by atoms with Gasteiger partial charge in [-0.05, 0) is 65.2 Å². The van der Waals surface area contributed by atoms with E-state index >= 15 is 0 Å². The van der Waals surface area contributed by atoms with Crippen molar-refractivity contribution in [1.29, 1.82) is 0 Å². The van der Waals surface area contributed by atoms with Crippen LogP contribution in [0.4, 0.5) is 0 Å². The van der Waals surface area contributed by atoms with Crippen LogP contribution in [0.3, 0.4) is 0 Å². The highest BCUT2D eigenvalue weighted by Gasteiger charge is 2.31. The van der Waals surface area contributed by atoms with Gasteiger partial charge in [0.15, 0.2) is 0 Å².